The van der Waals surface area contributed by atoms with Gasteiger partial charge in [-0.3, -0.25) is 4.79 Å². The summed E-state index contributed by atoms with van der Waals surface area (Å²) in [6.45, 7) is 0. The normalized spacial score (nSPS) is 16.2. The molecule has 0 radical (unpaired) electrons. The molecule has 2 aromatic rings. The van der Waals surface area contributed by atoms with Gasteiger partial charge in [-0.05, 0) is 28.7 Å². The first kappa shape index (κ1) is 13.6. The Hall–Kier alpha value is -2.35. The number of benzene rings is 2. The molecule has 1 atom stereocenters. The molecule has 3 rings (SSSR count). The van der Waals surface area contributed by atoms with Crippen molar-refractivity contribution in [2.24, 2.45) is 0 Å². The molecule has 0 saturated heterocycles. The Bertz CT molecular complexity index is 671. The number of fused-ring (bicyclic) bond motifs is 1. The molecule has 0 N–H and O–H groups in total. The van der Waals surface area contributed by atoms with Crippen molar-refractivity contribution in [3.63, 3.8) is 0 Å². The summed E-state index contributed by atoms with van der Waals surface area (Å²) in [7, 11) is 1.44. The van der Waals surface area contributed by atoms with E-state index in [2.05, 4.69) is 54.6 Å². The van der Waals surface area contributed by atoms with E-state index in [0.29, 0.717) is 6.42 Å². The lowest BCUT2D eigenvalue weighted by molar-refractivity contribution is -0.140. The minimum Gasteiger partial charge on any atom is -0.469 e. The summed E-state index contributed by atoms with van der Waals surface area (Å²) in [5.74, 6) is 0.120. The van der Waals surface area contributed by atoms with Gasteiger partial charge in [0, 0.05) is 12.3 Å². The van der Waals surface area contributed by atoms with Crippen LogP contribution in [0.5, 0.6) is 0 Å². The molecule has 2 aromatic carbocycles. The molecule has 0 bridgehead atoms. The molecule has 0 aliphatic heterocycles. The van der Waals surface area contributed by atoms with Crippen LogP contribution in [0.3, 0.4) is 0 Å². The number of carbonyl (C=O) groups excluding carboxylic acids is 1. The first-order chi connectivity index (χ1) is 10.3. The van der Waals surface area contributed by atoms with E-state index in [1.54, 1.807) is 0 Å². The smallest absolute Gasteiger partial charge is 0.305 e. The van der Waals surface area contributed by atoms with Crippen LogP contribution in [0.1, 0.15) is 35.4 Å². The lowest BCUT2D eigenvalue weighted by Crippen LogP contribution is -2.05. The second kappa shape index (κ2) is 5.96. The number of allylic oxidation sites excluding steroid dienone is 1. The zero-order chi connectivity index (χ0) is 14.7. The monoisotopic (exact) mass is 278 g/mol. The maximum absolute atomic E-state index is 11.5. The van der Waals surface area contributed by atoms with Gasteiger partial charge in [0.05, 0.1) is 7.11 Å². The van der Waals surface area contributed by atoms with Gasteiger partial charge < -0.3 is 4.74 Å². The molecule has 0 fully saturated rings. The summed E-state index contributed by atoms with van der Waals surface area (Å²) in [6.07, 6.45) is 3.47. The van der Waals surface area contributed by atoms with E-state index in [1.807, 2.05) is 6.07 Å². The van der Waals surface area contributed by atoms with Gasteiger partial charge in [-0.25, -0.2) is 0 Å². The number of ether oxygens (including phenoxy) is 1. The third-order valence-electron chi connectivity index (χ3n) is 4.03. The predicted octanol–water partition coefficient (Wildman–Crippen LogP) is 4.28. The lowest BCUT2D eigenvalue weighted by Gasteiger charge is -2.16. The van der Waals surface area contributed by atoms with Crippen molar-refractivity contribution in [3.8, 4) is 0 Å². The number of esters is 1. The van der Waals surface area contributed by atoms with Crippen molar-refractivity contribution in [3.05, 3.63) is 71.3 Å². The predicted molar refractivity (Wildman–Crippen MR) is 84.7 cm³/mol. The van der Waals surface area contributed by atoms with Crippen LogP contribution in [0.2, 0.25) is 0 Å². The van der Waals surface area contributed by atoms with Crippen LogP contribution in [-0.4, -0.2) is 13.1 Å². The topological polar surface area (TPSA) is 26.3 Å². The Labute approximate surface area is 125 Å². The number of hydrogen-bond donors (Lipinski definition) is 0. The van der Waals surface area contributed by atoms with Gasteiger partial charge in [0.15, 0.2) is 0 Å². The lowest BCUT2D eigenvalue weighted by atomic mass is 9.87. The fourth-order valence-corrected chi connectivity index (χ4v) is 2.99. The molecule has 0 heterocycles. The van der Waals surface area contributed by atoms with E-state index in [4.69, 9.17) is 4.74 Å². The summed E-state index contributed by atoms with van der Waals surface area (Å²) >= 11 is 0. The standard InChI is InChI=1S/C19H18O2/c1-21-19(20)12-11-17-16-10-6-5-9-15(16)13-18(17)14-7-3-2-4-8-14/h2-10,13,17H,11-12H2,1H3. The van der Waals surface area contributed by atoms with Gasteiger partial charge in [-0.2, -0.15) is 0 Å². The average Bonchev–Trinajstić information content (AvgIpc) is 2.92. The van der Waals surface area contributed by atoms with Crippen LogP contribution in [-0.2, 0) is 9.53 Å². The van der Waals surface area contributed by atoms with Crippen molar-refractivity contribution >= 4 is 17.6 Å². The van der Waals surface area contributed by atoms with Crippen molar-refractivity contribution in [1.82, 2.24) is 0 Å². The van der Waals surface area contributed by atoms with Gasteiger partial charge in [0.2, 0.25) is 0 Å². The zero-order valence-electron chi connectivity index (χ0n) is 12.1. The van der Waals surface area contributed by atoms with Crippen LogP contribution >= 0.6 is 0 Å². The number of methoxy groups -OCH3 is 1. The van der Waals surface area contributed by atoms with Gasteiger partial charge in [-0.15, -0.1) is 0 Å². The fourth-order valence-electron chi connectivity index (χ4n) is 2.99. The third-order valence-corrected chi connectivity index (χ3v) is 4.03. The zero-order valence-corrected chi connectivity index (χ0v) is 12.1. The Morgan fingerprint density at radius 3 is 2.52 bits per heavy atom. The highest BCUT2D eigenvalue weighted by Crippen LogP contribution is 2.44. The summed E-state index contributed by atoms with van der Waals surface area (Å²) in [5, 5.41) is 0. The van der Waals surface area contributed by atoms with Crippen LogP contribution in [0.4, 0.5) is 0 Å². The summed E-state index contributed by atoms with van der Waals surface area (Å²) in [5.41, 5.74) is 5.08. The van der Waals surface area contributed by atoms with E-state index in [1.165, 1.54) is 29.4 Å². The quantitative estimate of drug-likeness (QED) is 0.780. The summed E-state index contributed by atoms with van der Waals surface area (Å²) < 4.78 is 4.78. The van der Waals surface area contributed by atoms with E-state index >= 15 is 0 Å². The van der Waals surface area contributed by atoms with E-state index in [-0.39, 0.29) is 11.9 Å². The molecule has 1 aliphatic carbocycles. The Balaban J connectivity index is 1.93. The number of hydrogen-bond acceptors (Lipinski definition) is 2. The molecule has 1 aliphatic rings. The van der Waals surface area contributed by atoms with Gasteiger partial charge >= 0.3 is 5.97 Å². The summed E-state index contributed by atoms with van der Waals surface area (Å²) in [6, 6.07) is 18.8. The Morgan fingerprint density at radius 1 is 1.05 bits per heavy atom. The molecule has 2 heteroatoms. The first-order valence-electron chi connectivity index (χ1n) is 7.22. The van der Waals surface area contributed by atoms with Crippen LogP contribution in [0.25, 0.3) is 11.6 Å². The van der Waals surface area contributed by atoms with Crippen molar-refractivity contribution < 1.29 is 9.53 Å². The second-order valence-electron chi connectivity index (χ2n) is 5.26. The average molecular weight is 278 g/mol. The minimum absolute atomic E-state index is 0.146. The van der Waals surface area contributed by atoms with Gasteiger partial charge in [-0.1, -0.05) is 60.7 Å². The third kappa shape index (κ3) is 2.75. The maximum Gasteiger partial charge on any atom is 0.305 e. The molecular weight excluding hydrogens is 260 g/mol. The second-order valence-corrected chi connectivity index (χ2v) is 5.26. The maximum atomic E-state index is 11.5. The SMILES string of the molecule is COC(=O)CCC1C(c2ccccc2)=Cc2ccccc21. The molecule has 0 aromatic heterocycles. The van der Waals surface area contributed by atoms with Gasteiger partial charge in [0.25, 0.3) is 0 Å². The molecule has 106 valence electrons. The molecule has 2 nitrogen and oxygen atoms in total. The minimum atomic E-state index is -0.146. The molecule has 21 heavy (non-hydrogen) atoms. The first-order valence-corrected chi connectivity index (χ1v) is 7.22. The highest BCUT2D eigenvalue weighted by Gasteiger charge is 2.26. The molecule has 0 saturated carbocycles. The molecule has 0 spiro atoms. The molecule has 1 unspecified atom stereocenters. The van der Waals surface area contributed by atoms with Gasteiger partial charge in [0.1, 0.15) is 0 Å². The van der Waals surface area contributed by atoms with Crippen molar-refractivity contribution in [2.45, 2.75) is 18.8 Å². The van der Waals surface area contributed by atoms with Crippen molar-refractivity contribution in [1.29, 1.82) is 0 Å². The van der Waals surface area contributed by atoms with Crippen molar-refractivity contribution in [2.75, 3.05) is 7.11 Å². The highest BCUT2D eigenvalue weighted by atomic mass is 16.5. The van der Waals surface area contributed by atoms with Crippen LogP contribution in [0.15, 0.2) is 54.6 Å². The van der Waals surface area contributed by atoms with E-state index < -0.39 is 0 Å². The van der Waals surface area contributed by atoms with Crippen LogP contribution in [0, 0.1) is 0 Å². The fraction of sp³-hybridized carbons (Fsp3) is 0.211. The Morgan fingerprint density at radius 2 is 1.76 bits per heavy atom. The van der Waals surface area contributed by atoms with E-state index in [0.717, 1.165) is 6.42 Å². The Kier molecular flexibility index (Phi) is 3.87. The van der Waals surface area contributed by atoms with E-state index in [9.17, 15) is 4.79 Å². The summed E-state index contributed by atoms with van der Waals surface area (Å²) in [4.78, 5) is 11.5. The number of rotatable bonds is 4. The molecular formula is C19H18O2. The largest absolute Gasteiger partial charge is 0.469 e. The highest BCUT2D eigenvalue weighted by molar-refractivity contribution is 5.91. The van der Waals surface area contributed by atoms with Crippen LogP contribution < -0.4 is 0 Å². The molecule has 0 amide bonds. The number of carbonyl (C=O) groups is 1.